The molecule has 1 amide bonds. The second-order valence-corrected chi connectivity index (χ2v) is 7.99. The van der Waals surface area contributed by atoms with Crippen molar-refractivity contribution in [3.8, 4) is 22.8 Å². The molecule has 178 valence electrons. The van der Waals surface area contributed by atoms with E-state index in [1.807, 2.05) is 6.07 Å². The van der Waals surface area contributed by atoms with Crippen LogP contribution in [0.3, 0.4) is 0 Å². The van der Waals surface area contributed by atoms with E-state index in [1.165, 1.54) is 26.6 Å². The molecule has 1 N–H and O–H groups in total. The second-order valence-electron chi connectivity index (χ2n) is 7.23. The highest BCUT2D eigenvalue weighted by Crippen LogP contribution is 2.45. The first-order chi connectivity index (χ1) is 16.9. The molecule has 0 bridgehead atoms. The summed E-state index contributed by atoms with van der Waals surface area (Å²) in [5.41, 5.74) is 2.94. The van der Waals surface area contributed by atoms with Crippen molar-refractivity contribution in [3.63, 3.8) is 0 Å². The zero-order chi connectivity index (χ0) is 24.9. The van der Waals surface area contributed by atoms with Crippen LogP contribution in [0.25, 0.3) is 11.3 Å². The van der Waals surface area contributed by atoms with E-state index < -0.39 is 5.91 Å². The van der Waals surface area contributed by atoms with Gasteiger partial charge in [-0.05, 0) is 31.1 Å². The Hall–Kier alpha value is -3.82. The van der Waals surface area contributed by atoms with Gasteiger partial charge < -0.3 is 14.8 Å². The van der Waals surface area contributed by atoms with Gasteiger partial charge in [-0.15, -0.1) is 0 Å². The third-order valence-electron chi connectivity index (χ3n) is 5.15. The van der Waals surface area contributed by atoms with E-state index in [2.05, 4.69) is 36.8 Å². The molecular weight excluding hydrogens is 491 g/mol. The van der Waals surface area contributed by atoms with Gasteiger partial charge in [0, 0.05) is 23.9 Å². The number of aliphatic imine (C=N–C) groups is 2. The fourth-order valence-corrected chi connectivity index (χ4v) is 3.88. The van der Waals surface area contributed by atoms with Crippen molar-refractivity contribution in [2.45, 2.75) is 12.8 Å². The van der Waals surface area contributed by atoms with Crippen molar-refractivity contribution in [2.75, 3.05) is 19.5 Å². The Morgan fingerprint density at radius 1 is 1.09 bits per heavy atom. The molecule has 0 unspecified atom stereocenters. The Morgan fingerprint density at radius 2 is 1.80 bits per heavy atom. The lowest BCUT2D eigenvalue weighted by atomic mass is 9.94. The molecular formula is C24H20Cl2N6O3. The van der Waals surface area contributed by atoms with Gasteiger partial charge in [0.15, 0.2) is 5.82 Å². The summed E-state index contributed by atoms with van der Waals surface area (Å²) in [6.45, 7) is 3.44. The molecule has 2 aromatic heterocycles. The van der Waals surface area contributed by atoms with E-state index in [1.54, 1.807) is 24.4 Å². The van der Waals surface area contributed by atoms with Crippen LogP contribution in [0.1, 0.15) is 12.8 Å². The number of nitrogens with one attached hydrogen (secondary N) is 1. The van der Waals surface area contributed by atoms with Crippen molar-refractivity contribution >= 4 is 57.9 Å². The summed E-state index contributed by atoms with van der Waals surface area (Å²) in [7, 11) is 3.00. The van der Waals surface area contributed by atoms with E-state index in [9.17, 15) is 4.79 Å². The van der Waals surface area contributed by atoms with Gasteiger partial charge in [0.1, 0.15) is 33.7 Å². The topological polar surface area (TPSA) is 111 Å². The Bertz CT molecular complexity index is 1350. The number of carbonyl (C=O) groups is 1. The summed E-state index contributed by atoms with van der Waals surface area (Å²) in [5.74, 6) is 1.26. The molecule has 0 spiro atoms. The van der Waals surface area contributed by atoms with Crippen LogP contribution in [0.5, 0.6) is 11.5 Å². The number of halogens is 2. The molecule has 1 fully saturated rings. The van der Waals surface area contributed by atoms with Gasteiger partial charge in [0.2, 0.25) is 0 Å². The molecule has 1 saturated carbocycles. The summed E-state index contributed by atoms with van der Waals surface area (Å²) in [6, 6.07) is 6.94. The van der Waals surface area contributed by atoms with Crippen LogP contribution in [0.15, 0.2) is 59.4 Å². The van der Waals surface area contributed by atoms with Crippen LogP contribution < -0.4 is 14.8 Å². The molecule has 1 aliphatic rings. The zero-order valence-corrected chi connectivity index (χ0v) is 20.4. The minimum atomic E-state index is -0.395. The van der Waals surface area contributed by atoms with Crippen molar-refractivity contribution in [1.29, 1.82) is 0 Å². The Kier molecular flexibility index (Phi) is 7.38. The van der Waals surface area contributed by atoms with E-state index in [-0.39, 0.29) is 10.0 Å². The van der Waals surface area contributed by atoms with Crippen LogP contribution in [0.2, 0.25) is 10.0 Å². The number of rotatable bonds is 7. The van der Waals surface area contributed by atoms with Crippen LogP contribution in [-0.2, 0) is 4.79 Å². The summed E-state index contributed by atoms with van der Waals surface area (Å²) >= 11 is 13.0. The summed E-state index contributed by atoms with van der Waals surface area (Å²) in [4.78, 5) is 33.1. The van der Waals surface area contributed by atoms with Gasteiger partial charge in [0.25, 0.3) is 5.91 Å². The van der Waals surface area contributed by atoms with Gasteiger partial charge in [0.05, 0.1) is 37.0 Å². The molecule has 0 atom stereocenters. The summed E-state index contributed by atoms with van der Waals surface area (Å²) < 4.78 is 10.7. The highest BCUT2D eigenvalue weighted by atomic mass is 35.5. The SMILES string of the molecule is C=CC(=O)N=C1CCC1=Nc1cc(-c2cccnc2Nc2c(Cl)c(OC)cc(OC)c2Cl)ncn1. The average Bonchev–Trinajstić information content (AvgIpc) is 2.88. The third kappa shape index (κ3) is 5.16. The van der Waals surface area contributed by atoms with Gasteiger partial charge in [-0.25, -0.2) is 24.9 Å². The lowest BCUT2D eigenvalue weighted by Gasteiger charge is -2.18. The Balaban J connectivity index is 1.70. The van der Waals surface area contributed by atoms with Crippen LogP contribution >= 0.6 is 23.2 Å². The van der Waals surface area contributed by atoms with E-state index in [0.29, 0.717) is 64.3 Å². The lowest BCUT2D eigenvalue weighted by molar-refractivity contribution is -0.113. The molecule has 2 heterocycles. The average molecular weight is 511 g/mol. The highest BCUT2D eigenvalue weighted by molar-refractivity contribution is 6.50. The predicted molar refractivity (Wildman–Crippen MR) is 137 cm³/mol. The molecule has 35 heavy (non-hydrogen) atoms. The molecule has 9 nitrogen and oxygen atoms in total. The monoisotopic (exact) mass is 510 g/mol. The number of anilines is 2. The zero-order valence-electron chi connectivity index (χ0n) is 18.9. The van der Waals surface area contributed by atoms with Gasteiger partial charge in [-0.1, -0.05) is 29.8 Å². The van der Waals surface area contributed by atoms with Crippen molar-refractivity contribution < 1.29 is 14.3 Å². The fourth-order valence-electron chi connectivity index (χ4n) is 3.29. The number of hydrogen-bond acceptors (Lipinski definition) is 8. The normalized spacial score (nSPS) is 15.0. The van der Waals surface area contributed by atoms with Crippen LogP contribution in [-0.4, -0.2) is 46.5 Å². The summed E-state index contributed by atoms with van der Waals surface area (Å²) in [5, 5.41) is 3.72. The number of pyridine rings is 1. The smallest absolute Gasteiger partial charge is 0.269 e. The van der Waals surface area contributed by atoms with Gasteiger partial charge in [-0.3, -0.25) is 4.79 Å². The standard InChI is InChI=1S/C24H20Cl2N6O3/c1-4-20(33)31-15-8-7-14(15)30-19-10-16(28-12-29-19)13-6-5-9-27-24(13)32-23-21(25)17(34-2)11-18(35-3)22(23)26/h4-6,9-12H,1,7-8H2,2-3H3,(H,27,32). The van der Waals surface area contributed by atoms with E-state index in [4.69, 9.17) is 32.7 Å². The first-order valence-corrected chi connectivity index (χ1v) is 11.2. The molecule has 0 radical (unpaired) electrons. The number of hydrogen-bond donors (Lipinski definition) is 1. The van der Waals surface area contributed by atoms with E-state index in [0.717, 1.165) is 0 Å². The molecule has 4 rings (SSSR count). The number of nitrogens with zero attached hydrogens (tertiary/aromatic N) is 5. The van der Waals surface area contributed by atoms with Gasteiger partial charge in [-0.2, -0.15) is 0 Å². The predicted octanol–water partition coefficient (Wildman–Crippen LogP) is 5.63. The quantitative estimate of drug-likeness (QED) is 0.410. The second kappa shape index (κ2) is 10.6. The van der Waals surface area contributed by atoms with Crippen molar-refractivity contribution in [3.05, 3.63) is 59.5 Å². The van der Waals surface area contributed by atoms with E-state index >= 15 is 0 Å². The molecule has 0 aliphatic heterocycles. The first-order valence-electron chi connectivity index (χ1n) is 10.4. The number of ether oxygens (including phenoxy) is 2. The maximum absolute atomic E-state index is 11.5. The lowest BCUT2D eigenvalue weighted by Crippen LogP contribution is -2.26. The van der Waals surface area contributed by atoms with Crippen molar-refractivity contribution in [1.82, 2.24) is 15.0 Å². The van der Waals surface area contributed by atoms with Gasteiger partial charge >= 0.3 is 0 Å². The largest absolute Gasteiger partial charge is 0.495 e. The number of methoxy groups -OCH3 is 2. The maximum Gasteiger partial charge on any atom is 0.269 e. The molecule has 3 aromatic rings. The maximum atomic E-state index is 11.5. The van der Waals surface area contributed by atoms with Crippen LogP contribution in [0.4, 0.5) is 17.3 Å². The Labute approximate surface area is 211 Å². The molecule has 1 aliphatic carbocycles. The molecule has 11 heteroatoms. The minimum Gasteiger partial charge on any atom is -0.495 e. The van der Waals surface area contributed by atoms with Crippen LogP contribution in [0, 0.1) is 0 Å². The Morgan fingerprint density at radius 3 is 2.43 bits per heavy atom. The summed E-state index contributed by atoms with van der Waals surface area (Å²) in [6.07, 6.45) is 5.58. The molecule has 0 saturated heterocycles. The highest BCUT2D eigenvalue weighted by Gasteiger charge is 2.22. The van der Waals surface area contributed by atoms with Crippen molar-refractivity contribution in [2.24, 2.45) is 9.98 Å². The third-order valence-corrected chi connectivity index (χ3v) is 5.90. The first kappa shape index (κ1) is 24.3. The minimum absolute atomic E-state index is 0.274. The number of amides is 1. The number of benzene rings is 1. The molecule has 1 aromatic carbocycles. The number of carbonyl (C=O) groups excluding carboxylic acids is 1. The number of aromatic nitrogens is 3. The fraction of sp³-hybridized carbons (Fsp3) is 0.167.